The van der Waals surface area contributed by atoms with Gasteiger partial charge < -0.3 is 5.32 Å². The van der Waals surface area contributed by atoms with Crippen LogP contribution in [0.3, 0.4) is 0 Å². The van der Waals surface area contributed by atoms with E-state index < -0.39 is 0 Å². The predicted octanol–water partition coefficient (Wildman–Crippen LogP) is 1.34. The SMILES string of the molecule is CCNCc1ncnn1Cc1ccccc1[N+](=O)[O-]. The fourth-order valence-electron chi connectivity index (χ4n) is 1.78. The van der Waals surface area contributed by atoms with Gasteiger partial charge in [0.25, 0.3) is 5.69 Å². The Balaban J connectivity index is 2.22. The highest BCUT2D eigenvalue weighted by atomic mass is 16.6. The van der Waals surface area contributed by atoms with Crippen LogP contribution in [0.15, 0.2) is 30.6 Å². The minimum Gasteiger partial charge on any atom is -0.310 e. The molecule has 7 heteroatoms. The van der Waals surface area contributed by atoms with E-state index in [9.17, 15) is 10.1 Å². The molecule has 0 aliphatic heterocycles. The van der Waals surface area contributed by atoms with Crippen molar-refractivity contribution in [2.45, 2.75) is 20.0 Å². The molecule has 1 heterocycles. The maximum absolute atomic E-state index is 11.0. The van der Waals surface area contributed by atoms with E-state index in [1.807, 2.05) is 6.92 Å². The zero-order chi connectivity index (χ0) is 13.7. The molecule has 1 N–H and O–H groups in total. The van der Waals surface area contributed by atoms with Crippen molar-refractivity contribution in [2.75, 3.05) is 6.54 Å². The second-order valence-corrected chi connectivity index (χ2v) is 4.00. The largest absolute Gasteiger partial charge is 0.310 e. The standard InChI is InChI=1S/C12H15N5O2/c1-2-13-7-12-14-9-15-16(12)8-10-5-3-4-6-11(10)17(18)19/h3-6,9,13H,2,7-8H2,1H3. The first-order valence-corrected chi connectivity index (χ1v) is 6.02. The average molecular weight is 261 g/mol. The number of aromatic nitrogens is 3. The van der Waals surface area contributed by atoms with Crippen LogP contribution in [0, 0.1) is 10.1 Å². The van der Waals surface area contributed by atoms with Gasteiger partial charge in [-0.1, -0.05) is 25.1 Å². The summed E-state index contributed by atoms with van der Waals surface area (Å²) in [5.74, 6) is 0.764. The first-order valence-electron chi connectivity index (χ1n) is 6.02. The Hall–Kier alpha value is -2.28. The van der Waals surface area contributed by atoms with Gasteiger partial charge in [0.1, 0.15) is 12.2 Å². The van der Waals surface area contributed by atoms with E-state index in [1.54, 1.807) is 22.9 Å². The van der Waals surface area contributed by atoms with Crippen molar-refractivity contribution in [3.05, 3.63) is 52.1 Å². The number of hydrogen-bond donors (Lipinski definition) is 1. The van der Waals surface area contributed by atoms with Crippen LogP contribution in [0.1, 0.15) is 18.3 Å². The van der Waals surface area contributed by atoms with E-state index in [-0.39, 0.29) is 10.6 Å². The fraction of sp³-hybridized carbons (Fsp3) is 0.333. The third-order valence-electron chi connectivity index (χ3n) is 2.74. The first-order chi connectivity index (χ1) is 9.22. The molecule has 1 aromatic carbocycles. The van der Waals surface area contributed by atoms with E-state index in [2.05, 4.69) is 15.4 Å². The number of rotatable bonds is 6. The molecule has 2 aromatic rings. The molecule has 7 nitrogen and oxygen atoms in total. The van der Waals surface area contributed by atoms with Crippen molar-refractivity contribution in [2.24, 2.45) is 0 Å². The van der Waals surface area contributed by atoms with Crippen LogP contribution in [0.25, 0.3) is 0 Å². The van der Waals surface area contributed by atoms with Crippen molar-refractivity contribution in [1.29, 1.82) is 0 Å². The van der Waals surface area contributed by atoms with E-state index in [4.69, 9.17) is 0 Å². The maximum Gasteiger partial charge on any atom is 0.274 e. The minimum atomic E-state index is -0.379. The van der Waals surface area contributed by atoms with Crippen LogP contribution in [0.2, 0.25) is 0 Å². The van der Waals surface area contributed by atoms with Crippen molar-refractivity contribution in [3.8, 4) is 0 Å². The molecule has 0 fully saturated rings. The summed E-state index contributed by atoms with van der Waals surface area (Å²) in [5, 5.41) is 18.2. The number of hydrogen-bond acceptors (Lipinski definition) is 5. The molecule has 0 aliphatic rings. The zero-order valence-electron chi connectivity index (χ0n) is 10.6. The molecule has 2 rings (SSSR count). The summed E-state index contributed by atoms with van der Waals surface area (Å²) in [6.45, 7) is 3.77. The Kier molecular flexibility index (Phi) is 4.19. The molecule has 0 saturated carbocycles. The van der Waals surface area contributed by atoms with Crippen molar-refractivity contribution < 1.29 is 4.92 Å². The molecule has 19 heavy (non-hydrogen) atoms. The molecular weight excluding hydrogens is 246 g/mol. The Morgan fingerprint density at radius 2 is 2.21 bits per heavy atom. The maximum atomic E-state index is 11.0. The van der Waals surface area contributed by atoms with Crippen LogP contribution in [0.4, 0.5) is 5.69 Å². The topological polar surface area (TPSA) is 85.9 Å². The lowest BCUT2D eigenvalue weighted by molar-refractivity contribution is -0.385. The monoisotopic (exact) mass is 261 g/mol. The summed E-state index contributed by atoms with van der Waals surface area (Å²) in [7, 11) is 0. The highest BCUT2D eigenvalue weighted by Gasteiger charge is 2.14. The van der Waals surface area contributed by atoms with Gasteiger partial charge in [-0.15, -0.1) is 0 Å². The summed E-state index contributed by atoms with van der Waals surface area (Å²) in [4.78, 5) is 14.7. The molecule has 0 radical (unpaired) electrons. The minimum absolute atomic E-state index is 0.104. The number of nitrogens with one attached hydrogen (secondary N) is 1. The average Bonchev–Trinajstić information content (AvgIpc) is 2.84. The molecule has 0 unspecified atom stereocenters. The highest BCUT2D eigenvalue weighted by molar-refractivity contribution is 5.39. The zero-order valence-corrected chi connectivity index (χ0v) is 10.6. The van der Waals surface area contributed by atoms with Gasteiger partial charge in [-0.05, 0) is 6.54 Å². The Morgan fingerprint density at radius 1 is 1.42 bits per heavy atom. The second-order valence-electron chi connectivity index (χ2n) is 4.00. The van der Waals surface area contributed by atoms with Crippen LogP contribution in [-0.2, 0) is 13.1 Å². The molecule has 0 bridgehead atoms. The number of nitro benzene ring substituents is 1. The van der Waals surface area contributed by atoms with Crippen LogP contribution in [0.5, 0.6) is 0 Å². The van der Waals surface area contributed by atoms with Gasteiger partial charge >= 0.3 is 0 Å². The lowest BCUT2D eigenvalue weighted by atomic mass is 10.2. The van der Waals surface area contributed by atoms with Gasteiger partial charge in [-0.2, -0.15) is 5.10 Å². The summed E-state index contributed by atoms with van der Waals surface area (Å²) in [6, 6.07) is 6.67. The van der Waals surface area contributed by atoms with Crippen molar-refractivity contribution in [3.63, 3.8) is 0 Å². The predicted molar refractivity (Wildman–Crippen MR) is 69.6 cm³/mol. The van der Waals surface area contributed by atoms with Gasteiger partial charge in [0, 0.05) is 6.07 Å². The summed E-state index contributed by atoms with van der Waals surface area (Å²) in [5.41, 5.74) is 0.725. The molecule has 0 spiro atoms. The molecular formula is C12H15N5O2. The molecule has 0 atom stereocenters. The van der Waals surface area contributed by atoms with Crippen LogP contribution in [-0.4, -0.2) is 26.2 Å². The second kappa shape index (κ2) is 6.05. The molecule has 0 aliphatic carbocycles. The van der Waals surface area contributed by atoms with E-state index in [0.29, 0.717) is 18.7 Å². The summed E-state index contributed by atoms with van der Waals surface area (Å²) >= 11 is 0. The Bertz CT molecular complexity index is 567. The van der Waals surface area contributed by atoms with E-state index >= 15 is 0 Å². The molecule has 0 saturated heterocycles. The Morgan fingerprint density at radius 3 is 2.95 bits per heavy atom. The normalized spacial score (nSPS) is 10.6. The number of benzene rings is 1. The van der Waals surface area contributed by atoms with Gasteiger partial charge in [0.15, 0.2) is 0 Å². The van der Waals surface area contributed by atoms with Gasteiger partial charge in [0.05, 0.1) is 23.6 Å². The van der Waals surface area contributed by atoms with E-state index in [1.165, 1.54) is 12.4 Å². The quantitative estimate of drug-likeness (QED) is 0.626. The van der Waals surface area contributed by atoms with Crippen LogP contribution < -0.4 is 5.32 Å². The molecule has 100 valence electrons. The van der Waals surface area contributed by atoms with Gasteiger partial charge in [-0.3, -0.25) is 10.1 Å². The first kappa shape index (κ1) is 13.2. The van der Waals surface area contributed by atoms with Gasteiger partial charge in [-0.25, -0.2) is 9.67 Å². The van der Waals surface area contributed by atoms with Crippen molar-refractivity contribution in [1.82, 2.24) is 20.1 Å². The number of nitro groups is 1. The lowest BCUT2D eigenvalue weighted by Gasteiger charge is -2.07. The lowest BCUT2D eigenvalue weighted by Crippen LogP contribution is -2.17. The fourth-order valence-corrected chi connectivity index (χ4v) is 1.78. The number of nitrogens with zero attached hydrogens (tertiary/aromatic N) is 4. The number of para-hydroxylation sites is 1. The third kappa shape index (κ3) is 3.14. The molecule has 0 amide bonds. The molecule has 1 aromatic heterocycles. The van der Waals surface area contributed by atoms with Crippen LogP contribution >= 0.6 is 0 Å². The summed E-state index contributed by atoms with van der Waals surface area (Å²) < 4.78 is 1.67. The highest BCUT2D eigenvalue weighted by Crippen LogP contribution is 2.18. The van der Waals surface area contributed by atoms with E-state index in [0.717, 1.165) is 12.4 Å². The summed E-state index contributed by atoms with van der Waals surface area (Å²) in [6.07, 6.45) is 1.46. The smallest absolute Gasteiger partial charge is 0.274 e. The Labute approximate surface area is 110 Å². The van der Waals surface area contributed by atoms with Crippen molar-refractivity contribution >= 4 is 5.69 Å². The third-order valence-corrected chi connectivity index (χ3v) is 2.74. The van der Waals surface area contributed by atoms with Gasteiger partial charge in [0.2, 0.25) is 0 Å².